The van der Waals surface area contributed by atoms with Crippen LogP contribution >= 0.6 is 11.3 Å². The first-order valence-electron chi connectivity index (χ1n) is 7.35. The normalized spacial score (nSPS) is 11.0. The quantitative estimate of drug-likeness (QED) is 0.659. The van der Waals surface area contributed by atoms with E-state index in [1.807, 2.05) is 14.0 Å². The molecule has 0 unspecified atom stereocenters. The molecular formula is C16H16N2O5S. The first kappa shape index (κ1) is 16.3. The van der Waals surface area contributed by atoms with Gasteiger partial charge in [-0.05, 0) is 26.0 Å². The molecule has 0 saturated carbocycles. The van der Waals surface area contributed by atoms with E-state index < -0.39 is 11.9 Å². The Balaban J connectivity index is 1.72. The number of ether oxygens (including phenoxy) is 2. The second-order valence-electron chi connectivity index (χ2n) is 5.09. The largest absolute Gasteiger partial charge is 0.465 e. The highest BCUT2D eigenvalue weighted by Crippen LogP contribution is 2.28. The van der Waals surface area contributed by atoms with Crippen LogP contribution in [0.15, 0.2) is 22.8 Å². The molecule has 0 aliphatic heterocycles. The molecule has 0 N–H and O–H groups in total. The number of fused-ring (bicyclic) bond motifs is 1. The highest BCUT2D eigenvalue weighted by atomic mass is 32.1. The molecule has 0 aliphatic carbocycles. The summed E-state index contributed by atoms with van der Waals surface area (Å²) >= 11 is 1.31. The Bertz CT molecular complexity index is 870. The maximum Gasteiger partial charge on any atom is 0.348 e. The Hall–Kier alpha value is -2.61. The topological polar surface area (TPSA) is 83.6 Å². The predicted molar refractivity (Wildman–Crippen MR) is 87.1 cm³/mol. The number of aromatic nitrogens is 2. The van der Waals surface area contributed by atoms with Crippen molar-refractivity contribution in [2.75, 3.05) is 6.61 Å². The molecule has 3 rings (SSSR count). The van der Waals surface area contributed by atoms with Gasteiger partial charge in [0.05, 0.1) is 18.6 Å². The molecule has 126 valence electrons. The van der Waals surface area contributed by atoms with Gasteiger partial charge in [-0.2, -0.15) is 5.10 Å². The fourth-order valence-electron chi connectivity index (χ4n) is 2.35. The standard InChI is InChI=1S/C16H16N2O5S/c1-4-21-15(19)10-5-6-22-12(10)8-23-16(20)13-7-11-9(2)17-18(3)14(11)24-13/h5-7H,4,8H2,1-3H3. The molecule has 0 aromatic carbocycles. The van der Waals surface area contributed by atoms with Crippen LogP contribution in [-0.4, -0.2) is 28.3 Å². The first-order chi connectivity index (χ1) is 11.5. The molecule has 7 nitrogen and oxygen atoms in total. The molecule has 0 radical (unpaired) electrons. The van der Waals surface area contributed by atoms with Gasteiger partial charge in [0.15, 0.2) is 12.4 Å². The van der Waals surface area contributed by atoms with Crippen LogP contribution < -0.4 is 0 Å². The molecule has 3 aromatic rings. The number of rotatable bonds is 5. The molecule has 0 atom stereocenters. The van der Waals surface area contributed by atoms with Crippen molar-refractivity contribution in [3.8, 4) is 0 Å². The Morgan fingerprint density at radius 2 is 2.12 bits per heavy atom. The number of hydrogen-bond acceptors (Lipinski definition) is 7. The van der Waals surface area contributed by atoms with Crippen LogP contribution in [0.3, 0.4) is 0 Å². The van der Waals surface area contributed by atoms with Gasteiger partial charge in [-0.1, -0.05) is 0 Å². The van der Waals surface area contributed by atoms with Gasteiger partial charge >= 0.3 is 11.9 Å². The average molecular weight is 348 g/mol. The van der Waals surface area contributed by atoms with Gasteiger partial charge in [-0.15, -0.1) is 11.3 Å². The first-order valence-corrected chi connectivity index (χ1v) is 8.16. The van der Waals surface area contributed by atoms with Gasteiger partial charge in [-0.25, -0.2) is 9.59 Å². The number of furan rings is 1. The fraction of sp³-hybridized carbons (Fsp3) is 0.312. The van der Waals surface area contributed by atoms with Crippen LogP contribution in [-0.2, 0) is 23.1 Å². The molecule has 0 amide bonds. The highest BCUT2D eigenvalue weighted by Gasteiger charge is 2.20. The molecule has 0 spiro atoms. The summed E-state index contributed by atoms with van der Waals surface area (Å²) in [5, 5.41) is 5.22. The second-order valence-corrected chi connectivity index (χ2v) is 6.12. The predicted octanol–water partition coefficient (Wildman–Crippen LogP) is 3.07. The number of esters is 2. The second kappa shape index (κ2) is 6.48. The molecule has 24 heavy (non-hydrogen) atoms. The number of hydrogen-bond donors (Lipinski definition) is 0. The summed E-state index contributed by atoms with van der Waals surface area (Å²) in [6.45, 7) is 3.73. The van der Waals surface area contributed by atoms with Crippen LogP contribution in [0.5, 0.6) is 0 Å². The van der Waals surface area contributed by atoms with Crippen molar-refractivity contribution in [3.63, 3.8) is 0 Å². The Labute approximate surface area is 141 Å². The smallest absolute Gasteiger partial charge is 0.348 e. The minimum atomic E-state index is -0.499. The van der Waals surface area contributed by atoms with Crippen molar-refractivity contribution < 1.29 is 23.5 Å². The van der Waals surface area contributed by atoms with Crippen LogP contribution in [0.1, 0.15) is 38.4 Å². The third-order valence-electron chi connectivity index (χ3n) is 3.47. The molecule has 3 aromatic heterocycles. The van der Waals surface area contributed by atoms with E-state index in [0.717, 1.165) is 15.9 Å². The van der Waals surface area contributed by atoms with Crippen LogP contribution in [0.4, 0.5) is 0 Å². The summed E-state index contributed by atoms with van der Waals surface area (Å²) < 4.78 is 17.1. The van der Waals surface area contributed by atoms with E-state index in [0.29, 0.717) is 4.88 Å². The Morgan fingerprint density at radius 3 is 2.83 bits per heavy atom. The van der Waals surface area contributed by atoms with Crippen molar-refractivity contribution in [3.05, 3.63) is 40.3 Å². The summed E-state index contributed by atoms with van der Waals surface area (Å²) in [4.78, 5) is 25.4. The Morgan fingerprint density at radius 1 is 1.33 bits per heavy atom. The molecule has 0 fully saturated rings. The van der Waals surface area contributed by atoms with Crippen LogP contribution in [0.25, 0.3) is 10.2 Å². The lowest BCUT2D eigenvalue weighted by molar-refractivity contribution is 0.0427. The molecule has 0 bridgehead atoms. The highest BCUT2D eigenvalue weighted by molar-refractivity contribution is 7.20. The van der Waals surface area contributed by atoms with Gasteiger partial charge in [-0.3, -0.25) is 4.68 Å². The van der Waals surface area contributed by atoms with E-state index in [1.54, 1.807) is 17.7 Å². The van der Waals surface area contributed by atoms with E-state index in [1.165, 1.54) is 23.7 Å². The van der Waals surface area contributed by atoms with E-state index in [4.69, 9.17) is 13.9 Å². The lowest BCUT2D eigenvalue weighted by Crippen LogP contribution is -2.09. The number of carbonyl (C=O) groups excluding carboxylic acids is 2. The van der Waals surface area contributed by atoms with Crippen molar-refractivity contribution >= 4 is 33.5 Å². The zero-order chi connectivity index (χ0) is 17.3. The number of nitrogens with zero attached hydrogens (tertiary/aromatic N) is 2. The van der Waals surface area contributed by atoms with Gasteiger partial charge in [0.1, 0.15) is 15.3 Å². The molecule has 0 aliphatic rings. The van der Waals surface area contributed by atoms with Crippen molar-refractivity contribution in [1.82, 2.24) is 9.78 Å². The molecule has 8 heteroatoms. The lowest BCUT2D eigenvalue weighted by Gasteiger charge is -2.04. The van der Waals surface area contributed by atoms with E-state index >= 15 is 0 Å². The average Bonchev–Trinajstić information content (AvgIpc) is 3.24. The summed E-state index contributed by atoms with van der Waals surface area (Å²) in [6.07, 6.45) is 1.36. The monoisotopic (exact) mass is 348 g/mol. The van der Waals surface area contributed by atoms with Gasteiger partial charge in [0, 0.05) is 12.4 Å². The minimum Gasteiger partial charge on any atom is -0.465 e. The maximum atomic E-state index is 12.2. The van der Waals surface area contributed by atoms with Crippen LogP contribution in [0, 0.1) is 6.92 Å². The number of thiophene rings is 1. The van der Waals surface area contributed by atoms with E-state index in [9.17, 15) is 9.59 Å². The number of carbonyl (C=O) groups is 2. The van der Waals surface area contributed by atoms with Gasteiger partial charge in [0.2, 0.25) is 0 Å². The van der Waals surface area contributed by atoms with Crippen LogP contribution in [0.2, 0.25) is 0 Å². The SMILES string of the molecule is CCOC(=O)c1ccoc1COC(=O)c1cc2c(C)nn(C)c2s1. The fourth-order valence-corrected chi connectivity index (χ4v) is 3.37. The summed E-state index contributed by atoms with van der Waals surface area (Å²) in [5.41, 5.74) is 1.12. The third-order valence-corrected chi connectivity index (χ3v) is 4.65. The van der Waals surface area contributed by atoms with Crippen molar-refractivity contribution in [2.24, 2.45) is 7.05 Å². The summed E-state index contributed by atoms with van der Waals surface area (Å²) in [6, 6.07) is 3.26. The summed E-state index contributed by atoms with van der Waals surface area (Å²) in [7, 11) is 1.83. The zero-order valence-corrected chi connectivity index (χ0v) is 14.3. The molecule has 0 saturated heterocycles. The molecular weight excluding hydrogens is 332 g/mol. The minimum absolute atomic E-state index is 0.133. The maximum absolute atomic E-state index is 12.2. The van der Waals surface area contributed by atoms with E-state index in [-0.39, 0.29) is 24.5 Å². The van der Waals surface area contributed by atoms with Gasteiger partial charge < -0.3 is 13.9 Å². The summed E-state index contributed by atoms with van der Waals surface area (Å²) in [5.74, 6) is -0.705. The van der Waals surface area contributed by atoms with Gasteiger partial charge in [0.25, 0.3) is 0 Å². The van der Waals surface area contributed by atoms with Crippen molar-refractivity contribution in [2.45, 2.75) is 20.5 Å². The van der Waals surface area contributed by atoms with Crippen molar-refractivity contribution in [1.29, 1.82) is 0 Å². The van der Waals surface area contributed by atoms with E-state index in [2.05, 4.69) is 5.10 Å². The molecule has 3 heterocycles. The Kier molecular flexibility index (Phi) is 4.39. The third kappa shape index (κ3) is 2.92. The lowest BCUT2D eigenvalue weighted by atomic mass is 10.2. The number of aryl methyl sites for hydroxylation is 2. The zero-order valence-electron chi connectivity index (χ0n) is 13.5.